The van der Waals surface area contributed by atoms with Crippen molar-refractivity contribution in [1.82, 2.24) is 23.7 Å². The van der Waals surface area contributed by atoms with Gasteiger partial charge in [0.2, 0.25) is 5.88 Å². The molecule has 1 atom stereocenters. The first-order valence-corrected chi connectivity index (χ1v) is 15.8. The summed E-state index contributed by atoms with van der Waals surface area (Å²) in [6, 6.07) is 11.9. The van der Waals surface area contributed by atoms with Gasteiger partial charge in [-0.3, -0.25) is 13.9 Å². The summed E-state index contributed by atoms with van der Waals surface area (Å²) in [4.78, 5) is 37.2. The van der Waals surface area contributed by atoms with Gasteiger partial charge in [-0.25, -0.2) is 14.8 Å². The minimum Gasteiger partial charge on any atom is -0.474 e. The molecule has 240 valence electrons. The molecule has 0 N–H and O–H groups in total. The van der Waals surface area contributed by atoms with Crippen molar-refractivity contribution in [2.75, 3.05) is 13.2 Å². The van der Waals surface area contributed by atoms with Crippen molar-refractivity contribution < 1.29 is 14.2 Å². The zero-order valence-corrected chi connectivity index (χ0v) is 25.7. The lowest BCUT2D eigenvalue weighted by Gasteiger charge is -2.25. The lowest BCUT2D eigenvalue weighted by molar-refractivity contribution is -0.163. The molecule has 10 heteroatoms. The smallest absolute Gasteiger partial charge is 0.332 e. The van der Waals surface area contributed by atoms with E-state index in [0.717, 1.165) is 54.4 Å². The number of hydrogen-bond donors (Lipinski definition) is 0. The van der Waals surface area contributed by atoms with Gasteiger partial charge in [-0.2, -0.15) is 0 Å². The first-order chi connectivity index (χ1) is 21.4. The van der Waals surface area contributed by atoms with Crippen molar-refractivity contribution in [3.05, 3.63) is 81.1 Å². The normalized spacial score (nSPS) is 16.7. The molecule has 0 spiro atoms. The molecule has 0 radical (unpaired) electrons. The summed E-state index contributed by atoms with van der Waals surface area (Å²) in [5.41, 5.74) is 3.79. The highest BCUT2D eigenvalue weighted by Gasteiger charge is 2.24. The van der Waals surface area contributed by atoms with Crippen LogP contribution in [-0.2, 0) is 29.1 Å². The standard InChI is InChI=1S/C34H41N5O5.CH4/c1-4-37-32-30(33(40)38(34(37)41)18-8-20-43-29-11-5-6-19-42-29)39(22-24-12-14-25(15-13-24)23(2)3)31(36-32)26-16-17-28(35-21-26)44-27-9-7-10-27;/h12-17,21,27,29H,2,4-11,18-20,22H2,1,3H3;1H4. The molecule has 1 saturated heterocycles. The van der Waals surface area contributed by atoms with E-state index < -0.39 is 0 Å². The molecule has 1 aromatic carbocycles. The van der Waals surface area contributed by atoms with Crippen LogP contribution in [0.5, 0.6) is 5.88 Å². The van der Waals surface area contributed by atoms with Gasteiger partial charge >= 0.3 is 5.69 Å². The molecule has 1 saturated carbocycles. The Hall–Kier alpha value is -4.02. The number of aromatic nitrogens is 5. The van der Waals surface area contributed by atoms with Gasteiger partial charge < -0.3 is 18.8 Å². The largest absolute Gasteiger partial charge is 0.474 e. The molecule has 10 nitrogen and oxygen atoms in total. The quantitative estimate of drug-likeness (QED) is 0.180. The summed E-state index contributed by atoms with van der Waals surface area (Å²) in [5.74, 6) is 1.14. The summed E-state index contributed by atoms with van der Waals surface area (Å²) >= 11 is 0. The molecule has 1 aliphatic heterocycles. The summed E-state index contributed by atoms with van der Waals surface area (Å²) < 4.78 is 22.3. The molecular weight excluding hydrogens is 570 g/mol. The first-order valence-electron chi connectivity index (χ1n) is 15.8. The maximum absolute atomic E-state index is 14.1. The average Bonchev–Trinajstić information content (AvgIpc) is 3.38. The highest BCUT2D eigenvalue weighted by atomic mass is 16.7. The molecule has 4 aromatic rings. The molecule has 45 heavy (non-hydrogen) atoms. The average molecular weight is 616 g/mol. The van der Waals surface area contributed by atoms with E-state index in [1.807, 2.05) is 54.8 Å². The zero-order valence-electron chi connectivity index (χ0n) is 25.7. The van der Waals surface area contributed by atoms with E-state index in [-0.39, 0.29) is 37.6 Å². The number of rotatable bonds is 12. The summed E-state index contributed by atoms with van der Waals surface area (Å²) in [5, 5.41) is 0. The Labute approximate surface area is 264 Å². The fraction of sp³-hybridized carbons (Fsp3) is 0.486. The Morgan fingerprint density at radius 2 is 1.82 bits per heavy atom. The second-order valence-corrected chi connectivity index (χ2v) is 11.7. The van der Waals surface area contributed by atoms with Crippen molar-refractivity contribution in [3.63, 3.8) is 0 Å². The molecule has 0 amide bonds. The van der Waals surface area contributed by atoms with Crippen LogP contribution < -0.4 is 16.0 Å². The predicted molar refractivity (Wildman–Crippen MR) is 177 cm³/mol. The highest BCUT2D eigenvalue weighted by molar-refractivity contribution is 5.77. The van der Waals surface area contributed by atoms with Crippen molar-refractivity contribution >= 4 is 16.7 Å². The fourth-order valence-electron chi connectivity index (χ4n) is 5.75. The maximum Gasteiger partial charge on any atom is 0.332 e. The van der Waals surface area contributed by atoms with Crippen molar-refractivity contribution in [1.29, 1.82) is 0 Å². The van der Waals surface area contributed by atoms with E-state index >= 15 is 0 Å². The number of nitrogens with zero attached hydrogens (tertiary/aromatic N) is 5. The van der Waals surface area contributed by atoms with Crippen LogP contribution in [0.4, 0.5) is 0 Å². The van der Waals surface area contributed by atoms with Crippen molar-refractivity contribution in [2.24, 2.45) is 0 Å². The Kier molecular flexibility index (Phi) is 10.4. The molecule has 1 unspecified atom stereocenters. The lowest BCUT2D eigenvalue weighted by atomic mass is 9.96. The third-order valence-electron chi connectivity index (χ3n) is 8.52. The van der Waals surface area contributed by atoms with E-state index in [1.165, 1.54) is 11.0 Å². The second kappa shape index (κ2) is 14.4. The lowest BCUT2D eigenvalue weighted by Crippen LogP contribution is -2.40. The van der Waals surface area contributed by atoms with Crippen molar-refractivity contribution in [2.45, 2.75) is 98.2 Å². The van der Waals surface area contributed by atoms with Crippen LogP contribution in [-0.4, -0.2) is 49.3 Å². The summed E-state index contributed by atoms with van der Waals surface area (Å²) in [7, 11) is 0. The van der Waals surface area contributed by atoms with E-state index in [1.54, 1.807) is 10.8 Å². The van der Waals surface area contributed by atoms with E-state index in [0.29, 0.717) is 55.6 Å². The first kappa shape index (κ1) is 32.4. The molecule has 0 bridgehead atoms. The molecule has 2 fully saturated rings. The van der Waals surface area contributed by atoms with Crippen LogP contribution in [0.2, 0.25) is 0 Å². The number of pyridine rings is 1. The van der Waals surface area contributed by atoms with Crippen LogP contribution >= 0.6 is 0 Å². The SMILES string of the molecule is C.C=C(C)c1ccc(Cn2c(-c3ccc(OC4CCC4)nc3)nc3c2c(=O)n(CCCOC2CCCCO2)c(=O)n3CC)cc1. The van der Waals surface area contributed by atoms with Gasteiger partial charge in [-0.1, -0.05) is 43.8 Å². The van der Waals surface area contributed by atoms with Crippen LogP contribution in [0, 0.1) is 0 Å². The molecule has 2 aliphatic rings. The predicted octanol–water partition coefficient (Wildman–Crippen LogP) is 6.02. The van der Waals surface area contributed by atoms with Crippen molar-refractivity contribution in [3.8, 4) is 17.3 Å². The third-order valence-corrected chi connectivity index (χ3v) is 8.52. The van der Waals surface area contributed by atoms with Gasteiger partial charge in [-0.05, 0) is 76.0 Å². The van der Waals surface area contributed by atoms with E-state index in [9.17, 15) is 9.59 Å². The molecular formula is C35H45N5O5. The number of ether oxygens (including phenoxy) is 3. The Morgan fingerprint density at radius 1 is 1.02 bits per heavy atom. The number of allylic oxidation sites excluding steroid dienone is 1. The van der Waals surface area contributed by atoms with Gasteiger partial charge in [0.25, 0.3) is 5.56 Å². The van der Waals surface area contributed by atoms with Gasteiger partial charge in [-0.15, -0.1) is 0 Å². The number of hydrogen-bond acceptors (Lipinski definition) is 7. The fourth-order valence-corrected chi connectivity index (χ4v) is 5.75. The molecule has 4 heterocycles. The van der Waals surface area contributed by atoms with Gasteiger partial charge in [0.05, 0.1) is 6.61 Å². The number of benzene rings is 1. The van der Waals surface area contributed by atoms with Crippen LogP contribution in [0.25, 0.3) is 28.1 Å². The zero-order chi connectivity index (χ0) is 30.6. The van der Waals surface area contributed by atoms with Gasteiger partial charge in [0.15, 0.2) is 17.5 Å². The highest BCUT2D eigenvalue weighted by Crippen LogP contribution is 2.28. The second-order valence-electron chi connectivity index (χ2n) is 11.7. The maximum atomic E-state index is 14.1. The molecule has 6 rings (SSSR count). The van der Waals surface area contributed by atoms with Crippen LogP contribution in [0.15, 0.2) is 58.8 Å². The Balaban J connectivity index is 0.00000400. The van der Waals surface area contributed by atoms with E-state index in [4.69, 9.17) is 19.2 Å². The Bertz CT molecular complexity index is 1730. The summed E-state index contributed by atoms with van der Waals surface area (Å²) in [6.07, 6.45) is 8.52. The Morgan fingerprint density at radius 3 is 2.44 bits per heavy atom. The van der Waals surface area contributed by atoms with Gasteiger partial charge in [0, 0.05) is 44.1 Å². The van der Waals surface area contributed by atoms with Crippen LogP contribution in [0.1, 0.15) is 77.3 Å². The number of aryl methyl sites for hydroxylation is 1. The van der Waals surface area contributed by atoms with E-state index in [2.05, 4.69) is 11.6 Å². The summed E-state index contributed by atoms with van der Waals surface area (Å²) in [6.45, 7) is 10.0. The third kappa shape index (κ3) is 6.97. The van der Waals surface area contributed by atoms with Gasteiger partial charge in [0.1, 0.15) is 11.9 Å². The molecule has 3 aromatic heterocycles. The minimum atomic E-state index is -0.372. The number of fused-ring (bicyclic) bond motifs is 1. The molecule has 1 aliphatic carbocycles. The van der Waals surface area contributed by atoms with Crippen LogP contribution in [0.3, 0.4) is 0 Å². The monoisotopic (exact) mass is 615 g/mol. The minimum absolute atomic E-state index is 0. The number of imidazole rings is 1. The topological polar surface area (TPSA) is 102 Å².